The van der Waals surface area contributed by atoms with E-state index in [4.69, 9.17) is 11.6 Å². The summed E-state index contributed by atoms with van der Waals surface area (Å²) in [5.41, 5.74) is 2.66. The second kappa shape index (κ2) is 11.7. The number of carbonyl (C=O) groups is 2. The summed E-state index contributed by atoms with van der Waals surface area (Å²) < 4.78 is 15.1. The Morgan fingerprint density at radius 1 is 0.973 bits per heavy atom. The van der Waals surface area contributed by atoms with Gasteiger partial charge in [-0.1, -0.05) is 55.8 Å². The number of anilines is 2. The molecule has 4 rings (SSSR count). The first kappa shape index (κ1) is 25.9. The average Bonchev–Trinajstić information content (AvgIpc) is 3.29. The molecule has 1 aromatic heterocycles. The molecule has 0 aliphatic carbocycles. The van der Waals surface area contributed by atoms with Crippen LogP contribution in [0.15, 0.2) is 84.9 Å². The van der Waals surface area contributed by atoms with Gasteiger partial charge in [0.15, 0.2) is 0 Å². The predicted molar refractivity (Wildman–Crippen MR) is 144 cm³/mol. The van der Waals surface area contributed by atoms with Crippen molar-refractivity contribution in [2.45, 2.75) is 13.8 Å². The first-order chi connectivity index (χ1) is 17.8. The van der Waals surface area contributed by atoms with Gasteiger partial charge in [0.2, 0.25) is 5.91 Å². The number of carbonyl (C=O) groups excluding carboxylic acids is 2. The molecule has 0 spiro atoms. The topological polar surface area (TPSA) is 79.3 Å². The Morgan fingerprint density at radius 3 is 2.30 bits per heavy atom. The lowest BCUT2D eigenvalue weighted by molar-refractivity contribution is -0.116. The molecule has 190 valence electrons. The van der Waals surface area contributed by atoms with Gasteiger partial charge in [0.1, 0.15) is 18.2 Å². The van der Waals surface area contributed by atoms with Crippen molar-refractivity contribution < 1.29 is 14.0 Å². The van der Waals surface area contributed by atoms with Crippen LogP contribution >= 0.6 is 11.6 Å². The van der Waals surface area contributed by atoms with Gasteiger partial charge in [-0.3, -0.25) is 4.79 Å². The average molecular weight is 520 g/mol. The van der Waals surface area contributed by atoms with Gasteiger partial charge in [-0.15, -0.1) is 0 Å². The van der Waals surface area contributed by atoms with Crippen LogP contribution in [0.3, 0.4) is 0 Å². The van der Waals surface area contributed by atoms with Crippen LogP contribution in [0.4, 0.5) is 20.7 Å². The molecule has 0 atom stereocenters. The summed E-state index contributed by atoms with van der Waals surface area (Å²) in [7, 11) is 0. The van der Waals surface area contributed by atoms with Gasteiger partial charge in [-0.05, 0) is 54.4 Å². The van der Waals surface area contributed by atoms with Crippen molar-refractivity contribution in [2.24, 2.45) is 5.92 Å². The largest absolute Gasteiger partial charge is 0.322 e. The zero-order valence-electron chi connectivity index (χ0n) is 20.5. The highest BCUT2D eigenvalue weighted by Gasteiger charge is 2.21. The van der Waals surface area contributed by atoms with Gasteiger partial charge in [-0.25, -0.2) is 13.9 Å². The maximum atomic E-state index is 13.5. The van der Waals surface area contributed by atoms with E-state index in [0.29, 0.717) is 34.5 Å². The van der Waals surface area contributed by atoms with Crippen LogP contribution in [-0.4, -0.2) is 39.7 Å². The van der Waals surface area contributed by atoms with E-state index in [0.717, 1.165) is 5.56 Å². The Kier molecular flexibility index (Phi) is 8.20. The van der Waals surface area contributed by atoms with Gasteiger partial charge in [0, 0.05) is 28.9 Å². The lowest BCUT2D eigenvalue weighted by Gasteiger charge is -2.24. The zero-order valence-corrected chi connectivity index (χ0v) is 21.2. The molecule has 3 aromatic carbocycles. The maximum absolute atomic E-state index is 13.5. The number of hydrogen-bond donors (Lipinski definition) is 2. The number of halogens is 2. The normalized spacial score (nSPS) is 10.8. The molecule has 7 nitrogen and oxygen atoms in total. The van der Waals surface area contributed by atoms with E-state index in [2.05, 4.69) is 15.7 Å². The molecule has 4 aromatic rings. The van der Waals surface area contributed by atoms with Crippen LogP contribution in [-0.2, 0) is 4.79 Å². The standard InChI is InChI=1S/C28H27ClFN5O2/c1-19(2)17-34(28(37)31-23-12-8-21(29)9-13-23)18-27(36)32-26-16-25(20-6-4-3-5-7-20)33-35(26)24-14-10-22(30)11-15-24/h3-16,19H,17-18H2,1-2H3,(H,31,37)(H,32,36). The Labute approximate surface area is 219 Å². The highest BCUT2D eigenvalue weighted by Crippen LogP contribution is 2.25. The second-order valence-electron chi connectivity index (χ2n) is 8.93. The van der Waals surface area contributed by atoms with E-state index in [1.54, 1.807) is 47.1 Å². The van der Waals surface area contributed by atoms with E-state index in [1.165, 1.54) is 17.0 Å². The summed E-state index contributed by atoms with van der Waals surface area (Å²) in [6.45, 7) is 4.14. The van der Waals surface area contributed by atoms with E-state index < -0.39 is 11.9 Å². The van der Waals surface area contributed by atoms with Crippen molar-refractivity contribution >= 4 is 35.0 Å². The minimum atomic E-state index is -0.400. The minimum Gasteiger partial charge on any atom is -0.315 e. The summed E-state index contributed by atoms with van der Waals surface area (Å²) in [5, 5.41) is 10.9. The molecule has 0 fully saturated rings. The molecule has 0 saturated heterocycles. The first-order valence-corrected chi connectivity index (χ1v) is 12.2. The lowest BCUT2D eigenvalue weighted by atomic mass is 10.1. The number of nitrogens with one attached hydrogen (secondary N) is 2. The van der Waals surface area contributed by atoms with Crippen molar-refractivity contribution in [3.63, 3.8) is 0 Å². The molecule has 0 aliphatic rings. The van der Waals surface area contributed by atoms with Gasteiger partial charge < -0.3 is 15.5 Å². The molecule has 0 saturated carbocycles. The molecule has 9 heteroatoms. The molecule has 0 unspecified atom stereocenters. The van der Waals surface area contributed by atoms with E-state index in [-0.39, 0.29) is 18.3 Å². The number of nitrogens with zero attached hydrogens (tertiary/aromatic N) is 3. The predicted octanol–water partition coefficient (Wildman–Crippen LogP) is 6.46. The van der Waals surface area contributed by atoms with Crippen molar-refractivity contribution in [3.05, 3.63) is 95.8 Å². The highest BCUT2D eigenvalue weighted by molar-refractivity contribution is 6.30. The van der Waals surface area contributed by atoms with Gasteiger partial charge >= 0.3 is 6.03 Å². The summed E-state index contributed by atoms with van der Waals surface area (Å²) in [5.74, 6) is -0.230. The number of amides is 3. The Bertz CT molecular complexity index is 1360. The van der Waals surface area contributed by atoms with E-state index in [9.17, 15) is 14.0 Å². The zero-order chi connectivity index (χ0) is 26.4. The number of benzene rings is 3. The Hall–Kier alpha value is -4.17. The van der Waals surface area contributed by atoms with Crippen LogP contribution in [0.1, 0.15) is 13.8 Å². The quantitative estimate of drug-likeness (QED) is 0.280. The van der Waals surface area contributed by atoms with Crippen LogP contribution in [0, 0.1) is 11.7 Å². The Balaban J connectivity index is 1.56. The first-order valence-electron chi connectivity index (χ1n) is 11.8. The second-order valence-corrected chi connectivity index (χ2v) is 9.37. The van der Waals surface area contributed by atoms with E-state index >= 15 is 0 Å². The molecule has 0 bridgehead atoms. The summed E-state index contributed by atoms with van der Waals surface area (Å²) in [6, 6.07) is 23.4. The fraction of sp³-hybridized carbons (Fsp3) is 0.179. The van der Waals surface area contributed by atoms with Crippen LogP contribution in [0.25, 0.3) is 16.9 Å². The fourth-order valence-corrected chi connectivity index (χ4v) is 3.88. The maximum Gasteiger partial charge on any atom is 0.322 e. The summed E-state index contributed by atoms with van der Waals surface area (Å²) in [4.78, 5) is 27.6. The summed E-state index contributed by atoms with van der Waals surface area (Å²) in [6.07, 6.45) is 0. The third-order valence-electron chi connectivity index (χ3n) is 5.42. The molecule has 3 amide bonds. The summed E-state index contributed by atoms with van der Waals surface area (Å²) >= 11 is 5.93. The monoisotopic (exact) mass is 519 g/mol. The van der Waals surface area contributed by atoms with Crippen molar-refractivity contribution in [3.8, 4) is 16.9 Å². The van der Waals surface area contributed by atoms with Crippen LogP contribution in [0.2, 0.25) is 5.02 Å². The number of urea groups is 1. The van der Waals surface area contributed by atoms with Gasteiger partial charge in [0.25, 0.3) is 0 Å². The molecule has 0 aliphatic heterocycles. The smallest absolute Gasteiger partial charge is 0.315 e. The SMILES string of the molecule is CC(C)CN(CC(=O)Nc1cc(-c2ccccc2)nn1-c1ccc(F)cc1)C(=O)Nc1ccc(Cl)cc1. The molecule has 1 heterocycles. The number of hydrogen-bond acceptors (Lipinski definition) is 3. The molecular formula is C28H27ClFN5O2. The van der Waals surface area contributed by atoms with Gasteiger partial charge in [0.05, 0.1) is 11.4 Å². The lowest BCUT2D eigenvalue weighted by Crippen LogP contribution is -2.42. The van der Waals surface area contributed by atoms with Crippen molar-refractivity contribution in [1.29, 1.82) is 0 Å². The van der Waals surface area contributed by atoms with Crippen LogP contribution in [0.5, 0.6) is 0 Å². The highest BCUT2D eigenvalue weighted by atomic mass is 35.5. The number of rotatable bonds is 8. The van der Waals surface area contributed by atoms with E-state index in [1.807, 2.05) is 44.2 Å². The molecule has 0 radical (unpaired) electrons. The van der Waals surface area contributed by atoms with Crippen LogP contribution < -0.4 is 10.6 Å². The molecule has 37 heavy (non-hydrogen) atoms. The third-order valence-corrected chi connectivity index (χ3v) is 5.67. The number of aromatic nitrogens is 2. The molecular weight excluding hydrogens is 493 g/mol. The fourth-order valence-electron chi connectivity index (χ4n) is 3.75. The van der Waals surface area contributed by atoms with Crippen molar-refractivity contribution in [1.82, 2.24) is 14.7 Å². The minimum absolute atomic E-state index is 0.137. The molecule has 2 N–H and O–H groups in total. The Morgan fingerprint density at radius 2 is 1.65 bits per heavy atom. The van der Waals surface area contributed by atoms with Crippen molar-refractivity contribution in [2.75, 3.05) is 23.7 Å². The third kappa shape index (κ3) is 6.95. The van der Waals surface area contributed by atoms with Gasteiger partial charge in [-0.2, -0.15) is 5.10 Å².